The summed E-state index contributed by atoms with van der Waals surface area (Å²) in [6.45, 7) is 0. The van der Waals surface area contributed by atoms with Gasteiger partial charge in [-0.05, 0) is 0 Å². The van der Waals surface area contributed by atoms with E-state index >= 15 is 0 Å². The first kappa shape index (κ1) is 44.2. The molecule has 0 aliphatic rings. The molecule has 0 aliphatic carbocycles. The third kappa shape index (κ3) is 192. The monoisotopic (exact) mass is 657 g/mol. The minimum absolute atomic E-state index is 0. The third-order valence-corrected chi connectivity index (χ3v) is 0.356. The summed E-state index contributed by atoms with van der Waals surface area (Å²) in [6.07, 6.45) is -9.00. The Hall–Kier alpha value is -2.45. The van der Waals surface area contributed by atoms with Crippen LogP contribution in [0, 0.1) is 0 Å². The summed E-state index contributed by atoms with van der Waals surface area (Å²) in [4.78, 5) is 56.2. The van der Waals surface area contributed by atoms with Crippen molar-refractivity contribution in [3.05, 3.63) is 0 Å². The molecule has 3 radical (unpaired) electrons. The molecule has 0 saturated carbocycles. The van der Waals surface area contributed by atoms with E-state index in [0.29, 0.717) is 0 Å². The first-order valence-electron chi connectivity index (χ1n) is 3.99. The predicted molar refractivity (Wildman–Crippen MR) is 51.3 cm³/mol. The fraction of sp³-hybridized carbons (Fsp3) is 0. The first-order valence-corrected chi connectivity index (χ1v) is 3.99. The van der Waals surface area contributed by atoms with Crippen molar-refractivity contribution in [3.63, 3.8) is 0 Å². The maximum atomic E-state index is 8.83. The smallest absolute Gasteiger partial charge is 0.659 e. The zero-order valence-corrected chi connectivity index (χ0v) is 16.0. The molecule has 0 fully saturated rings. The van der Waals surface area contributed by atoms with Crippen LogP contribution < -0.4 is 26.3 Å². The van der Waals surface area contributed by atoms with Crippen LogP contribution in [0.25, 0.3) is 0 Å². The Morgan fingerprint density at radius 3 is 0.481 bits per heavy atom. The predicted octanol–water partition coefficient (Wildman–Crippen LogP) is -5.60. The van der Waals surface area contributed by atoms with Crippen LogP contribution in [-0.4, -0.2) is 82.5 Å². The molecule has 0 amide bonds. The van der Waals surface area contributed by atoms with Crippen molar-refractivity contribution < 1.29 is 117 Å². The largest absolute Gasteiger partial charge is 3.00 e. The summed E-state index contributed by atoms with van der Waals surface area (Å²) in [5, 5.41) is 78.6. The molecule has 0 aromatic rings. The van der Waals surface area contributed by atoms with Gasteiger partial charge in [0.15, 0.2) is 0 Å². The zero-order valence-electron chi connectivity index (χ0n) is 11.6. The number of hydrogen-bond acceptors (Lipinski definition) is 15. The average Bonchev–Trinajstić information content (AvgIpc) is 2.56. The van der Waals surface area contributed by atoms with Crippen molar-refractivity contribution in [2.24, 2.45) is 0 Å². The summed E-state index contributed by atoms with van der Waals surface area (Å²) in [6, 6.07) is 0. The molecule has 0 saturated heterocycles. The van der Waals surface area contributed by atoms with Gasteiger partial charge < -0.3 is 76.3 Å². The second kappa shape index (κ2) is 38.9. The maximum absolute atomic E-state index is 8.83. The van der Waals surface area contributed by atoms with Crippen molar-refractivity contribution in [3.8, 4) is 0 Å². The molecule has 27 heavy (non-hydrogen) atoms. The number of carboxylic acid groups (broad SMARTS) is 5. The van der Waals surface area contributed by atoms with Crippen LogP contribution in [0.1, 0.15) is 0 Å². The quantitative estimate of drug-likeness (QED) is 0.0920. The first-order chi connectivity index (χ1) is 11.4. The van der Waals surface area contributed by atoms with Gasteiger partial charge in [0.05, 0.1) is 0 Å². The third-order valence-electron chi connectivity index (χ3n) is 0.356. The van der Waals surface area contributed by atoms with E-state index in [2.05, 4.69) is 24.4 Å². The number of carbonyl (C=O) groups is 5. The molecular formula is C5H5BiCuO20. The van der Waals surface area contributed by atoms with Gasteiger partial charge in [-0.1, -0.05) is 0 Å². The minimum atomic E-state index is -1.80. The number of hydrogen-bond donors (Lipinski definition) is 5. The van der Waals surface area contributed by atoms with Crippen LogP contribution in [0.3, 0.4) is 0 Å². The summed E-state index contributed by atoms with van der Waals surface area (Å²) in [7, 11) is 0. The molecule has 161 valence electrons. The Morgan fingerprint density at radius 2 is 0.481 bits per heavy atom. The van der Waals surface area contributed by atoms with E-state index < -0.39 is 30.8 Å². The SMILES string of the molecule is O=C(O)O[O-].O=C(O)O[O-].O=C(O)O[O-].O=C(O)O[O-].O=C(O)O[O-].[Bi+3].[Cu+2]. The van der Waals surface area contributed by atoms with Crippen molar-refractivity contribution in [2.45, 2.75) is 0 Å². The second-order valence-corrected chi connectivity index (χ2v) is 1.75. The van der Waals surface area contributed by atoms with Crippen LogP contribution in [-0.2, 0) is 41.5 Å². The van der Waals surface area contributed by atoms with Gasteiger partial charge in [0, 0.05) is 0 Å². The fourth-order valence-electron chi connectivity index (χ4n) is 0. The Balaban J connectivity index is -0.0000000364. The average molecular weight is 658 g/mol. The van der Waals surface area contributed by atoms with E-state index in [-0.39, 0.29) is 43.3 Å². The standard InChI is InChI=1S/5CH2O4.Bi.Cu/c5*2-1(3)5-4;;/h5*4H,(H,2,3);;/q;;;;;+3;+2/p-5. The molecule has 5 N–H and O–H groups in total. The summed E-state index contributed by atoms with van der Waals surface area (Å²) in [5.41, 5.74) is 0. The fourth-order valence-corrected chi connectivity index (χ4v) is 0. The topological polar surface area (TPSA) is 348 Å². The van der Waals surface area contributed by atoms with Gasteiger partial charge in [0.1, 0.15) is 0 Å². The Labute approximate surface area is 174 Å². The van der Waals surface area contributed by atoms with Gasteiger partial charge in [-0.25, -0.2) is 24.0 Å². The molecule has 0 aromatic heterocycles. The maximum Gasteiger partial charge on any atom is 3.00 e. The Morgan fingerprint density at radius 1 is 0.444 bits per heavy atom. The molecule has 0 rings (SSSR count). The summed E-state index contributed by atoms with van der Waals surface area (Å²) >= 11 is 0. The van der Waals surface area contributed by atoms with Crippen molar-refractivity contribution in [1.29, 1.82) is 0 Å². The van der Waals surface area contributed by atoms with Crippen LogP contribution >= 0.6 is 0 Å². The molecule has 0 heterocycles. The van der Waals surface area contributed by atoms with E-state index in [1.807, 2.05) is 0 Å². The van der Waals surface area contributed by atoms with Crippen molar-refractivity contribution >= 4 is 57.0 Å². The zero-order chi connectivity index (χ0) is 21.4. The van der Waals surface area contributed by atoms with Gasteiger partial charge in [0.2, 0.25) is 0 Å². The van der Waals surface area contributed by atoms with E-state index in [4.69, 9.17) is 75.8 Å². The molecule has 20 nitrogen and oxygen atoms in total. The molecule has 0 atom stereocenters. The summed E-state index contributed by atoms with van der Waals surface area (Å²) in [5.74, 6) is 0. The van der Waals surface area contributed by atoms with E-state index in [1.165, 1.54) is 0 Å². The molecule has 0 aliphatic heterocycles. The van der Waals surface area contributed by atoms with E-state index in [0.717, 1.165) is 0 Å². The van der Waals surface area contributed by atoms with Crippen LogP contribution in [0.15, 0.2) is 0 Å². The van der Waals surface area contributed by atoms with E-state index in [9.17, 15) is 0 Å². The van der Waals surface area contributed by atoms with Crippen molar-refractivity contribution in [1.82, 2.24) is 0 Å². The normalized spacial score (nSPS) is 6.11. The minimum Gasteiger partial charge on any atom is -0.659 e. The van der Waals surface area contributed by atoms with Crippen molar-refractivity contribution in [2.75, 3.05) is 0 Å². The van der Waals surface area contributed by atoms with Crippen LogP contribution in [0.4, 0.5) is 24.0 Å². The Bertz CT molecular complexity index is 288. The second-order valence-electron chi connectivity index (χ2n) is 1.75. The number of rotatable bonds is 0. The molecule has 0 bridgehead atoms. The molecular weight excluding hydrogens is 653 g/mol. The molecule has 22 heteroatoms. The van der Waals surface area contributed by atoms with Gasteiger partial charge >= 0.3 is 74.0 Å². The Kier molecular flexibility index (Phi) is 63.7. The van der Waals surface area contributed by atoms with E-state index in [1.54, 1.807) is 0 Å². The molecule has 0 spiro atoms. The van der Waals surface area contributed by atoms with Crippen LogP contribution in [0.5, 0.6) is 0 Å². The van der Waals surface area contributed by atoms with Crippen LogP contribution in [0.2, 0.25) is 0 Å². The summed E-state index contributed by atoms with van der Waals surface area (Å²) < 4.78 is 0. The molecule has 0 unspecified atom stereocenters. The van der Waals surface area contributed by atoms with Gasteiger partial charge in [-0.15, -0.1) is 0 Å². The van der Waals surface area contributed by atoms with Gasteiger partial charge in [0.25, 0.3) is 0 Å². The van der Waals surface area contributed by atoms with Gasteiger partial charge in [-0.3, -0.25) is 0 Å². The molecule has 0 aromatic carbocycles. The van der Waals surface area contributed by atoms with Gasteiger partial charge in [-0.2, -0.15) is 0 Å².